The fourth-order valence-corrected chi connectivity index (χ4v) is 2.81. The Morgan fingerprint density at radius 3 is 2.66 bits per heavy atom. The number of nitrogens with zero attached hydrogens (tertiary/aromatic N) is 5. The first-order valence-corrected chi connectivity index (χ1v) is 8.87. The standard InChI is InChI=1S/C17H17F2N7O3/c1-9-14(25-29-24-9)15(28)21-7-12-8-26-3-2-11(22-16(26)23-12)6-20-13(27)4-10-5-17(10,18)19/h2-3,8,10H,4-7H2,1H3,(H,20,27)(H,21,28). The summed E-state index contributed by atoms with van der Waals surface area (Å²) in [5, 5.41) is 12.3. The summed E-state index contributed by atoms with van der Waals surface area (Å²) in [6.45, 7) is 1.87. The second-order valence-electron chi connectivity index (χ2n) is 6.88. The molecular weight excluding hydrogens is 388 g/mol. The van der Waals surface area contributed by atoms with Crippen LogP contribution in [0.15, 0.2) is 23.1 Å². The minimum Gasteiger partial charge on any atom is -0.350 e. The number of aromatic nitrogens is 5. The van der Waals surface area contributed by atoms with Gasteiger partial charge in [0.15, 0.2) is 5.69 Å². The third-order valence-corrected chi connectivity index (χ3v) is 4.59. The van der Waals surface area contributed by atoms with Gasteiger partial charge in [-0.2, -0.15) is 0 Å². The number of fused-ring (bicyclic) bond motifs is 1. The summed E-state index contributed by atoms with van der Waals surface area (Å²) >= 11 is 0. The van der Waals surface area contributed by atoms with Crippen LogP contribution in [0.3, 0.4) is 0 Å². The highest BCUT2D eigenvalue weighted by Gasteiger charge is 2.57. The number of imidazole rings is 1. The molecule has 10 nitrogen and oxygen atoms in total. The van der Waals surface area contributed by atoms with Crippen molar-refractivity contribution in [2.75, 3.05) is 0 Å². The smallest absolute Gasteiger partial charge is 0.275 e. The Morgan fingerprint density at radius 1 is 1.24 bits per heavy atom. The first-order valence-electron chi connectivity index (χ1n) is 8.87. The predicted octanol–water partition coefficient (Wildman–Crippen LogP) is 1.01. The van der Waals surface area contributed by atoms with Crippen LogP contribution in [-0.2, 0) is 17.9 Å². The van der Waals surface area contributed by atoms with Crippen molar-refractivity contribution in [2.24, 2.45) is 5.92 Å². The lowest BCUT2D eigenvalue weighted by atomic mass is 10.2. The van der Waals surface area contributed by atoms with E-state index in [-0.39, 0.29) is 31.6 Å². The van der Waals surface area contributed by atoms with E-state index in [4.69, 9.17) is 0 Å². The lowest BCUT2D eigenvalue weighted by molar-refractivity contribution is -0.122. The molecule has 2 N–H and O–H groups in total. The number of carbonyl (C=O) groups is 2. The zero-order valence-corrected chi connectivity index (χ0v) is 15.4. The number of halogens is 2. The van der Waals surface area contributed by atoms with Crippen LogP contribution in [0.5, 0.6) is 0 Å². The molecule has 0 bridgehead atoms. The summed E-state index contributed by atoms with van der Waals surface area (Å²) < 4.78 is 31.9. The molecule has 29 heavy (non-hydrogen) atoms. The van der Waals surface area contributed by atoms with Gasteiger partial charge in [-0.3, -0.25) is 14.0 Å². The van der Waals surface area contributed by atoms with E-state index in [1.54, 1.807) is 29.8 Å². The summed E-state index contributed by atoms with van der Waals surface area (Å²) in [6.07, 6.45) is 2.99. The number of rotatable bonds is 7. The van der Waals surface area contributed by atoms with Gasteiger partial charge in [-0.15, -0.1) is 0 Å². The molecule has 12 heteroatoms. The van der Waals surface area contributed by atoms with Gasteiger partial charge >= 0.3 is 0 Å². The highest BCUT2D eigenvalue weighted by atomic mass is 19.3. The lowest BCUT2D eigenvalue weighted by Crippen LogP contribution is -2.24. The fourth-order valence-electron chi connectivity index (χ4n) is 2.81. The van der Waals surface area contributed by atoms with Gasteiger partial charge < -0.3 is 10.6 Å². The van der Waals surface area contributed by atoms with Crippen molar-refractivity contribution in [2.45, 2.75) is 38.8 Å². The van der Waals surface area contributed by atoms with Crippen LogP contribution in [0.4, 0.5) is 8.78 Å². The molecule has 0 aliphatic heterocycles. The van der Waals surface area contributed by atoms with Crippen LogP contribution in [0.2, 0.25) is 0 Å². The monoisotopic (exact) mass is 405 g/mol. The number of hydrogen-bond acceptors (Lipinski definition) is 7. The minimum absolute atomic E-state index is 0.105. The number of aryl methyl sites for hydroxylation is 1. The van der Waals surface area contributed by atoms with Crippen molar-refractivity contribution < 1.29 is 23.0 Å². The molecule has 1 fully saturated rings. The molecule has 152 valence electrons. The lowest BCUT2D eigenvalue weighted by Gasteiger charge is -2.04. The SMILES string of the molecule is Cc1nonc1C(=O)NCc1cn2ccc(CNC(=O)CC3CC3(F)F)nc2n1. The summed E-state index contributed by atoms with van der Waals surface area (Å²) in [6, 6.07) is 1.69. The van der Waals surface area contributed by atoms with Crippen LogP contribution in [0.25, 0.3) is 5.78 Å². The van der Waals surface area contributed by atoms with Gasteiger partial charge in [0.05, 0.1) is 24.5 Å². The second-order valence-corrected chi connectivity index (χ2v) is 6.88. The van der Waals surface area contributed by atoms with E-state index < -0.39 is 23.7 Å². The summed E-state index contributed by atoms with van der Waals surface area (Å²) in [5.74, 6) is -4.05. The van der Waals surface area contributed by atoms with Crippen molar-refractivity contribution >= 4 is 17.6 Å². The van der Waals surface area contributed by atoms with Gasteiger partial charge in [0.25, 0.3) is 11.8 Å². The number of alkyl halides is 2. The Labute approximate surface area is 162 Å². The molecule has 4 rings (SSSR count). The van der Waals surface area contributed by atoms with E-state index in [0.717, 1.165) is 0 Å². The molecule has 2 amide bonds. The molecule has 1 saturated carbocycles. The van der Waals surface area contributed by atoms with Gasteiger partial charge in [0.2, 0.25) is 11.7 Å². The maximum Gasteiger partial charge on any atom is 0.275 e. The Morgan fingerprint density at radius 2 is 1.97 bits per heavy atom. The molecule has 0 aromatic carbocycles. The van der Waals surface area contributed by atoms with Crippen molar-refractivity contribution in [1.82, 2.24) is 35.3 Å². The molecule has 1 atom stereocenters. The second kappa shape index (κ2) is 7.18. The first-order chi connectivity index (χ1) is 13.8. The third-order valence-electron chi connectivity index (χ3n) is 4.59. The maximum absolute atomic E-state index is 12.9. The highest BCUT2D eigenvalue weighted by Crippen LogP contribution is 2.50. The Bertz CT molecular complexity index is 1080. The summed E-state index contributed by atoms with van der Waals surface area (Å²) in [4.78, 5) is 32.4. The highest BCUT2D eigenvalue weighted by molar-refractivity contribution is 5.92. The van der Waals surface area contributed by atoms with Crippen molar-refractivity contribution in [1.29, 1.82) is 0 Å². The number of nitrogens with one attached hydrogen (secondary N) is 2. The van der Waals surface area contributed by atoms with E-state index in [0.29, 0.717) is 22.9 Å². The molecule has 0 radical (unpaired) electrons. The molecule has 3 heterocycles. The summed E-state index contributed by atoms with van der Waals surface area (Å²) in [5.41, 5.74) is 1.60. The van der Waals surface area contributed by atoms with Gasteiger partial charge in [-0.25, -0.2) is 23.4 Å². The molecule has 0 spiro atoms. The van der Waals surface area contributed by atoms with E-state index in [9.17, 15) is 18.4 Å². The normalized spacial score (nSPS) is 17.3. The van der Waals surface area contributed by atoms with Crippen LogP contribution in [0, 0.1) is 12.8 Å². The van der Waals surface area contributed by atoms with E-state index in [2.05, 4.69) is 35.5 Å². The van der Waals surface area contributed by atoms with Gasteiger partial charge in [-0.05, 0) is 18.1 Å². The van der Waals surface area contributed by atoms with E-state index >= 15 is 0 Å². The quantitative estimate of drug-likeness (QED) is 0.601. The van der Waals surface area contributed by atoms with Gasteiger partial charge in [0.1, 0.15) is 5.69 Å². The number of carbonyl (C=O) groups excluding carboxylic acids is 2. The average molecular weight is 405 g/mol. The van der Waals surface area contributed by atoms with Crippen LogP contribution >= 0.6 is 0 Å². The predicted molar refractivity (Wildman–Crippen MR) is 92.7 cm³/mol. The van der Waals surface area contributed by atoms with E-state index in [1.807, 2.05) is 0 Å². The number of amides is 2. The molecule has 1 unspecified atom stereocenters. The third kappa shape index (κ3) is 4.20. The van der Waals surface area contributed by atoms with Crippen molar-refractivity contribution in [3.8, 4) is 0 Å². The molecule has 3 aromatic rings. The minimum atomic E-state index is -2.71. The topological polar surface area (TPSA) is 127 Å². The molecule has 1 aliphatic carbocycles. The number of hydrogen-bond donors (Lipinski definition) is 2. The zero-order chi connectivity index (χ0) is 20.6. The molecule has 1 aliphatic rings. The largest absolute Gasteiger partial charge is 0.350 e. The van der Waals surface area contributed by atoms with Crippen molar-refractivity contribution in [3.05, 3.63) is 41.2 Å². The Hall–Kier alpha value is -3.44. The maximum atomic E-state index is 12.9. The molecule has 0 saturated heterocycles. The Balaban J connectivity index is 1.33. The van der Waals surface area contributed by atoms with Gasteiger partial charge in [-0.1, -0.05) is 5.16 Å². The molecular formula is C17H17F2N7O3. The van der Waals surface area contributed by atoms with E-state index in [1.165, 1.54) is 0 Å². The van der Waals surface area contributed by atoms with Crippen molar-refractivity contribution in [3.63, 3.8) is 0 Å². The summed E-state index contributed by atoms with van der Waals surface area (Å²) in [7, 11) is 0. The first kappa shape index (κ1) is 18.9. The van der Waals surface area contributed by atoms with Crippen LogP contribution in [0.1, 0.15) is 40.4 Å². The molecule has 3 aromatic heterocycles. The average Bonchev–Trinajstić information content (AvgIpc) is 3.04. The van der Waals surface area contributed by atoms with Gasteiger partial charge in [0, 0.05) is 31.2 Å². The van der Waals surface area contributed by atoms with Crippen LogP contribution in [-0.4, -0.2) is 42.4 Å². The zero-order valence-electron chi connectivity index (χ0n) is 15.4. The van der Waals surface area contributed by atoms with Crippen LogP contribution < -0.4 is 10.6 Å². The fraction of sp³-hybridized carbons (Fsp3) is 0.412. The Kier molecular flexibility index (Phi) is 4.68.